The van der Waals surface area contributed by atoms with Crippen molar-refractivity contribution in [2.24, 2.45) is 0 Å². The lowest BCUT2D eigenvalue weighted by molar-refractivity contribution is -0.0716. The molecule has 1 aromatic heterocycles. The molecule has 1 fully saturated rings. The van der Waals surface area contributed by atoms with Gasteiger partial charge in [0, 0.05) is 30.0 Å². The number of aryl methyl sites for hydroxylation is 1. The highest BCUT2D eigenvalue weighted by Gasteiger charge is 2.44. The number of anilines is 1. The summed E-state index contributed by atoms with van der Waals surface area (Å²) in [5, 5.41) is 5.89. The van der Waals surface area contributed by atoms with Crippen LogP contribution in [0, 0.1) is 6.92 Å². The Bertz CT molecular complexity index is 1090. The zero-order valence-corrected chi connectivity index (χ0v) is 17.5. The molecule has 6 nitrogen and oxygen atoms in total. The van der Waals surface area contributed by atoms with Gasteiger partial charge in [-0.15, -0.1) is 11.3 Å². The molecule has 2 aliphatic rings. The minimum atomic E-state index is -0.514. The van der Waals surface area contributed by atoms with Crippen LogP contribution in [0.3, 0.4) is 0 Å². The second-order valence-corrected chi connectivity index (χ2v) is 8.64. The average Bonchev–Trinajstić information content (AvgIpc) is 3.46. The molecule has 154 valence electrons. The number of nitrogens with zero attached hydrogens (tertiary/aromatic N) is 1. The number of ether oxygens (including phenoxy) is 3. The lowest BCUT2D eigenvalue weighted by Crippen LogP contribution is -2.34. The number of carbonyl (C=O) groups excluding carboxylic acids is 1. The summed E-state index contributed by atoms with van der Waals surface area (Å²) in [5.74, 6) is 1.18. The van der Waals surface area contributed by atoms with Crippen LogP contribution in [0.5, 0.6) is 17.2 Å². The number of nitrogens with one attached hydrogen (secondary N) is 1. The van der Waals surface area contributed by atoms with Gasteiger partial charge >= 0.3 is 0 Å². The molecule has 0 bridgehead atoms. The van der Waals surface area contributed by atoms with E-state index in [1.807, 2.05) is 42.6 Å². The molecule has 2 heterocycles. The van der Waals surface area contributed by atoms with Gasteiger partial charge in [0.25, 0.3) is 11.7 Å². The normalized spacial score (nSPS) is 16.0. The Kier molecular flexibility index (Phi) is 4.83. The third-order valence-corrected chi connectivity index (χ3v) is 6.15. The van der Waals surface area contributed by atoms with Gasteiger partial charge in [0.1, 0.15) is 12.4 Å². The molecule has 2 aromatic carbocycles. The maximum Gasteiger partial charge on any atom is 0.259 e. The Morgan fingerprint density at radius 2 is 1.97 bits per heavy atom. The van der Waals surface area contributed by atoms with E-state index < -0.39 is 5.79 Å². The number of fused-ring (bicyclic) bond motifs is 1. The molecule has 7 heteroatoms. The Balaban J connectivity index is 1.29. The van der Waals surface area contributed by atoms with Crippen LogP contribution in [0.2, 0.25) is 0 Å². The molecule has 30 heavy (non-hydrogen) atoms. The molecule has 0 unspecified atom stereocenters. The van der Waals surface area contributed by atoms with Crippen LogP contribution in [0.15, 0.2) is 47.8 Å². The van der Waals surface area contributed by atoms with Crippen molar-refractivity contribution in [3.63, 3.8) is 0 Å². The second-order valence-electron chi connectivity index (χ2n) is 7.58. The maximum atomic E-state index is 12.9. The van der Waals surface area contributed by atoms with E-state index in [0.717, 1.165) is 42.1 Å². The summed E-state index contributed by atoms with van der Waals surface area (Å²) in [6.07, 6.45) is 4.00. The fourth-order valence-electron chi connectivity index (χ4n) is 3.89. The van der Waals surface area contributed by atoms with Crippen molar-refractivity contribution in [2.75, 3.05) is 5.32 Å². The van der Waals surface area contributed by atoms with E-state index in [4.69, 9.17) is 14.2 Å². The van der Waals surface area contributed by atoms with Crippen molar-refractivity contribution in [1.29, 1.82) is 0 Å². The molecular weight excluding hydrogens is 400 g/mol. The fraction of sp³-hybridized carbons (Fsp3) is 0.304. The van der Waals surface area contributed by atoms with Crippen LogP contribution >= 0.6 is 11.3 Å². The molecule has 5 rings (SSSR count). The van der Waals surface area contributed by atoms with Crippen molar-refractivity contribution in [2.45, 2.75) is 45.0 Å². The minimum Gasteiger partial charge on any atom is -0.486 e. The zero-order valence-electron chi connectivity index (χ0n) is 16.6. The van der Waals surface area contributed by atoms with E-state index in [2.05, 4.69) is 10.3 Å². The van der Waals surface area contributed by atoms with E-state index in [1.165, 1.54) is 0 Å². The quantitative estimate of drug-likeness (QED) is 0.602. The van der Waals surface area contributed by atoms with E-state index in [0.29, 0.717) is 29.4 Å². The van der Waals surface area contributed by atoms with Gasteiger partial charge in [-0.2, -0.15) is 0 Å². The first kappa shape index (κ1) is 18.9. The summed E-state index contributed by atoms with van der Waals surface area (Å²) in [7, 11) is 0. The van der Waals surface area contributed by atoms with Gasteiger partial charge in [0.05, 0.1) is 16.3 Å². The number of amides is 1. The maximum absolute atomic E-state index is 12.9. The van der Waals surface area contributed by atoms with Crippen LogP contribution in [-0.4, -0.2) is 16.7 Å². The molecule has 1 N–H and O–H groups in total. The monoisotopic (exact) mass is 422 g/mol. The highest BCUT2D eigenvalue weighted by atomic mass is 32.1. The predicted molar refractivity (Wildman–Crippen MR) is 114 cm³/mol. The van der Waals surface area contributed by atoms with E-state index >= 15 is 0 Å². The molecule has 0 atom stereocenters. The first-order valence-corrected chi connectivity index (χ1v) is 10.9. The average molecular weight is 423 g/mol. The van der Waals surface area contributed by atoms with Gasteiger partial charge in [-0.3, -0.25) is 4.79 Å². The molecule has 1 aliphatic heterocycles. The van der Waals surface area contributed by atoms with Crippen molar-refractivity contribution >= 4 is 22.9 Å². The fourth-order valence-corrected chi connectivity index (χ4v) is 4.49. The number of benzene rings is 2. The second kappa shape index (κ2) is 7.65. The summed E-state index contributed by atoms with van der Waals surface area (Å²) in [6.45, 7) is 2.27. The number of hydrogen-bond acceptors (Lipinski definition) is 6. The van der Waals surface area contributed by atoms with Crippen molar-refractivity contribution < 1.29 is 19.0 Å². The van der Waals surface area contributed by atoms with Gasteiger partial charge in [-0.1, -0.05) is 12.1 Å². The van der Waals surface area contributed by atoms with E-state index in [-0.39, 0.29) is 5.91 Å². The van der Waals surface area contributed by atoms with Crippen LogP contribution in [0.4, 0.5) is 5.69 Å². The first-order valence-electron chi connectivity index (χ1n) is 10.1. The number of aromatic nitrogens is 1. The van der Waals surface area contributed by atoms with Crippen LogP contribution in [0.1, 0.15) is 46.7 Å². The standard InChI is InChI=1S/C23H22N2O4S/c1-15-24-17(14-30-15)13-27-19-7-3-2-6-18(19)22(26)25-16-8-9-20-21(12-16)29-23(28-20)10-4-5-11-23/h2-3,6-9,12,14H,4-5,10-11,13H2,1H3,(H,25,26). The molecule has 1 amide bonds. The number of carbonyl (C=O) groups is 1. The van der Waals surface area contributed by atoms with E-state index in [9.17, 15) is 4.79 Å². The van der Waals surface area contributed by atoms with Crippen LogP contribution in [-0.2, 0) is 6.61 Å². The Morgan fingerprint density at radius 3 is 2.77 bits per heavy atom. The molecule has 1 saturated carbocycles. The number of hydrogen-bond donors (Lipinski definition) is 1. The lowest BCUT2D eigenvalue weighted by atomic mass is 10.1. The van der Waals surface area contributed by atoms with Crippen molar-refractivity contribution in [3.05, 3.63) is 64.1 Å². The number of rotatable bonds is 5. The van der Waals surface area contributed by atoms with Crippen molar-refractivity contribution in [3.8, 4) is 17.2 Å². The SMILES string of the molecule is Cc1nc(COc2ccccc2C(=O)Nc2ccc3c(c2)OC2(CCCC2)O3)cs1. The Hall–Kier alpha value is -3.06. The minimum absolute atomic E-state index is 0.241. The highest BCUT2D eigenvalue weighted by molar-refractivity contribution is 7.09. The first-order chi connectivity index (χ1) is 14.6. The third kappa shape index (κ3) is 3.73. The Morgan fingerprint density at radius 1 is 1.17 bits per heavy atom. The molecule has 0 saturated heterocycles. The third-order valence-electron chi connectivity index (χ3n) is 5.33. The van der Waals surface area contributed by atoms with Gasteiger partial charge in [-0.05, 0) is 44.0 Å². The highest BCUT2D eigenvalue weighted by Crippen LogP contribution is 2.47. The van der Waals surface area contributed by atoms with Gasteiger partial charge in [0.15, 0.2) is 11.5 Å². The topological polar surface area (TPSA) is 69.7 Å². The van der Waals surface area contributed by atoms with E-state index in [1.54, 1.807) is 23.5 Å². The molecular formula is C23H22N2O4S. The van der Waals surface area contributed by atoms with Gasteiger partial charge in [0.2, 0.25) is 0 Å². The zero-order chi connectivity index (χ0) is 20.6. The molecule has 0 radical (unpaired) electrons. The number of para-hydroxylation sites is 1. The number of thiazole rings is 1. The Labute approximate surface area is 178 Å². The molecule has 1 aliphatic carbocycles. The predicted octanol–water partition coefficient (Wildman–Crippen LogP) is 5.32. The summed E-state index contributed by atoms with van der Waals surface area (Å²) in [6, 6.07) is 12.7. The largest absolute Gasteiger partial charge is 0.486 e. The van der Waals surface area contributed by atoms with Gasteiger partial charge in [-0.25, -0.2) is 4.98 Å². The van der Waals surface area contributed by atoms with Crippen LogP contribution < -0.4 is 19.5 Å². The van der Waals surface area contributed by atoms with Crippen molar-refractivity contribution in [1.82, 2.24) is 4.98 Å². The summed E-state index contributed by atoms with van der Waals surface area (Å²) in [5.41, 5.74) is 1.97. The summed E-state index contributed by atoms with van der Waals surface area (Å²) < 4.78 is 18.0. The van der Waals surface area contributed by atoms with Crippen LogP contribution in [0.25, 0.3) is 0 Å². The molecule has 3 aromatic rings. The van der Waals surface area contributed by atoms with Gasteiger partial charge < -0.3 is 19.5 Å². The molecule has 1 spiro atoms. The lowest BCUT2D eigenvalue weighted by Gasteiger charge is -2.21. The summed E-state index contributed by atoms with van der Waals surface area (Å²) >= 11 is 1.58. The summed E-state index contributed by atoms with van der Waals surface area (Å²) in [4.78, 5) is 17.3. The smallest absolute Gasteiger partial charge is 0.259 e.